The van der Waals surface area contributed by atoms with Crippen molar-refractivity contribution < 1.29 is 19.1 Å². The van der Waals surface area contributed by atoms with Crippen LogP contribution >= 0.6 is 0 Å². The van der Waals surface area contributed by atoms with Gasteiger partial charge in [0.1, 0.15) is 0 Å². The molecule has 0 aromatic heterocycles. The van der Waals surface area contributed by atoms with Gasteiger partial charge >= 0.3 is 11.9 Å². The molecule has 0 aliphatic rings. The summed E-state index contributed by atoms with van der Waals surface area (Å²) in [4.78, 5) is 26.7. The summed E-state index contributed by atoms with van der Waals surface area (Å²) in [6.07, 6.45) is -0.694. The third kappa shape index (κ3) is 5.50. The Morgan fingerprint density at radius 2 is 1.10 bits per heavy atom. The molecule has 6 heteroatoms. The summed E-state index contributed by atoms with van der Waals surface area (Å²) < 4.78 is 11.0. The number of ether oxygens (including phenoxy) is 2. The van der Waals surface area contributed by atoms with E-state index in [2.05, 4.69) is 0 Å². The first kappa shape index (κ1) is 22.3. The fraction of sp³-hybridized carbons (Fsp3) is 0.391. The third-order valence-corrected chi connectivity index (χ3v) is 4.56. The van der Waals surface area contributed by atoms with E-state index in [4.69, 9.17) is 20.9 Å². The smallest absolute Gasteiger partial charge is 0.324 e. The molecule has 0 aliphatic heterocycles. The molecule has 2 rings (SSSR count). The first-order valence-corrected chi connectivity index (χ1v) is 9.74. The normalized spacial score (nSPS) is 11.5. The number of carbonyl (C=O) groups is 2. The Hall–Kier alpha value is -3.02. The molecular weight excluding hydrogens is 368 g/mol. The summed E-state index contributed by atoms with van der Waals surface area (Å²) in [6, 6.07) is 14.3. The van der Waals surface area contributed by atoms with Crippen LogP contribution in [0, 0.1) is 5.41 Å². The van der Waals surface area contributed by atoms with Gasteiger partial charge in [0, 0.05) is 24.2 Å². The molecule has 0 radical (unpaired) electrons. The summed E-state index contributed by atoms with van der Waals surface area (Å²) in [5.74, 6) is -1.30. The van der Waals surface area contributed by atoms with Gasteiger partial charge in [0.25, 0.3) is 0 Å². The lowest BCUT2D eigenvalue weighted by Crippen LogP contribution is -2.47. The second-order valence-electron chi connectivity index (χ2n) is 7.74. The minimum absolute atomic E-state index is 0.0467. The second kappa shape index (κ2) is 9.45. The maximum atomic E-state index is 13.3. The van der Waals surface area contributed by atoms with Gasteiger partial charge in [0.05, 0.1) is 12.2 Å². The number of hydrogen-bond donors (Lipinski definition) is 2. The Balaban J connectivity index is 2.62. The van der Waals surface area contributed by atoms with Gasteiger partial charge < -0.3 is 20.9 Å². The Morgan fingerprint density at radius 1 is 0.759 bits per heavy atom. The highest BCUT2D eigenvalue weighted by Gasteiger charge is 2.50. The fourth-order valence-electron chi connectivity index (χ4n) is 3.13. The fourth-order valence-corrected chi connectivity index (χ4v) is 3.13. The largest absolute Gasteiger partial charge is 0.462 e. The predicted molar refractivity (Wildman–Crippen MR) is 114 cm³/mol. The van der Waals surface area contributed by atoms with Crippen LogP contribution in [0.3, 0.4) is 0 Å². The van der Waals surface area contributed by atoms with Crippen molar-refractivity contribution in [2.75, 3.05) is 11.5 Å². The van der Waals surface area contributed by atoms with Crippen molar-refractivity contribution in [2.45, 2.75) is 52.7 Å². The van der Waals surface area contributed by atoms with Crippen LogP contribution in [0.2, 0.25) is 0 Å². The summed E-state index contributed by atoms with van der Waals surface area (Å²) in [7, 11) is 0. The number of nitrogen functional groups attached to an aromatic ring is 2. The van der Waals surface area contributed by atoms with Crippen molar-refractivity contribution in [2.24, 2.45) is 5.41 Å². The molecule has 4 N–H and O–H groups in total. The van der Waals surface area contributed by atoms with Crippen LogP contribution < -0.4 is 11.5 Å². The molecular formula is C23H30N2O4. The van der Waals surface area contributed by atoms with Crippen LogP contribution in [0.1, 0.15) is 38.8 Å². The molecule has 0 amide bonds. The molecule has 0 atom stereocenters. The first-order valence-electron chi connectivity index (χ1n) is 9.74. The van der Waals surface area contributed by atoms with E-state index in [0.29, 0.717) is 22.5 Å². The third-order valence-electron chi connectivity index (χ3n) is 4.56. The van der Waals surface area contributed by atoms with E-state index in [9.17, 15) is 9.59 Å². The van der Waals surface area contributed by atoms with Crippen LogP contribution in [0.25, 0.3) is 0 Å². The molecule has 6 nitrogen and oxygen atoms in total. The van der Waals surface area contributed by atoms with Gasteiger partial charge in [-0.05, 0) is 51.0 Å². The molecule has 0 heterocycles. The molecule has 29 heavy (non-hydrogen) atoms. The highest BCUT2D eigenvalue weighted by molar-refractivity contribution is 6.01. The van der Waals surface area contributed by atoms with Gasteiger partial charge in [-0.25, -0.2) is 0 Å². The minimum Gasteiger partial charge on any atom is -0.462 e. The maximum absolute atomic E-state index is 13.3. The standard InChI is InChI=1S/C23H30N2O4/c1-15(2)28-21(26)23(22(27)29-16(3)4,13-17-9-5-7-11-19(17)24)14-18-10-6-8-12-20(18)25/h5-12,15-16H,13-14,24-25H2,1-4H3. The second-order valence-corrected chi connectivity index (χ2v) is 7.74. The molecule has 0 saturated carbocycles. The monoisotopic (exact) mass is 398 g/mol. The molecule has 0 saturated heterocycles. The number of esters is 2. The van der Waals surface area contributed by atoms with Crippen molar-refractivity contribution in [1.29, 1.82) is 0 Å². The van der Waals surface area contributed by atoms with E-state index in [1.165, 1.54) is 0 Å². The van der Waals surface area contributed by atoms with Crippen LogP contribution in [-0.4, -0.2) is 24.1 Å². The van der Waals surface area contributed by atoms with Crippen LogP contribution in [0.4, 0.5) is 11.4 Å². The van der Waals surface area contributed by atoms with Crippen molar-refractivity contribution >= 4 is 23.3 Å². The van der Waals surface area contributed by atoms with Crippen LogP contribution in [-0.2, 0) is 31.9 Å². The quantitative estimate of drug-likeness (QED) is 0.400. The highest BCUT2D eigenvalue weighted by Crippen LogP contribution is 2.35. The van der Waals surface area contributed by atoms with E-state index >= 15 is 0 Å². The van der Waals surface area contributed by atoms with Crippen LogP contribution in [0.15, 0.2) is 48.5 Å². The highest BCUT2D eigenvalue weighted by atomic mass is 16.6. The van der Waals surface area contributed by atoms with Crippen molar-refractivity contribution in [3.05, 3.63) is 59.7 Å². The topological polar surface area (TPSA) is 105 Å². The zero-order chi connectivity index (χ0) is 21.6. The number of para-hydroxylation sites is 2. The van der Waals surface area contributed by atoms with Gasteiger partial charge in [-0.15, -0.1) is 0 Å². The maximum Gasteiger partial charge on any atom is 0.324 e. The Labute approximate surface area is 172 Å². The molecule has 0 unspecified atom stereocenters. The lowest BCUT2D eigenvalue weighted by Gasteiger charge is -2.32. The summed E-state index contributed by atoms with van der Waals surface area (Å²) in [5, 5.41) is 0. The Kier molecular flexibility index (Phi) is 7.26. The predicted octanol–water partition coefficient (Wildman–Crippen LogP) is 3.53. The number of carbonyl (C=O) groups excluding carboxylic acids is 2. The van der Waals surface area contributed by atoms with Crippen molar-refractivity contribution in [3.63, 3.8) is 0 Å². The van der Waals surface area contributed by atoms with Crippen molar-refractivity contribution in [3.8, 4) is 0 Å². The number of rotatable bonds is 8. The molecule has 0 bridgehead atoms. The van der Waals surface area contributed by atoms with Crippen LogP contribution in [0.5, 0.6) is 0 Å². The summed E-state index contributed by atoms with van der Waals surface area (Å²) in [6.45, 7) is 6.96. The SMILES string of the molecule is CC(C)OC(=O)C(Cc1ccccc1N)(Cc1ccccc1N)C(=O)OC(C)C. The number of benzene rings is 2. The van der Waals surface area contributed by atoms with Crippen molar-refractivity contribution in [1.82, 2.24) is 0 Å². The Morgan fingerprint density at radius 3 is 1.41 bits per heavy atom. The molecule has 0 aliphatic carbocycles. The summed E-state index contributed by atoms with van der Waals surface area (Å²) >= 11 is 0. The molecule has 0 fully saturated rings. The summed E-state index contributed by atoms with van der Waals surface area (Å²) in [5.41, 5.74) is 13.0. The van der Waals surface area contributed by atoms with E-state index in [-0.39, 0.29) is 12.8 Å². The zero-order valence-corrected chi connectivity index (χ0v) is 17.5. The average Bonchev–Trinajstić information content (AvgIpc) is 2.63. The number of anilines is 2. The van der Waals surface area contributed by atoms with Gasteiger partial charge in [-0.2, -0.15) is 0 Å². The van der Waals surface area contributed by atoms with E-state index < -0.39 is 29.6 Å². The van der Waals surface area contributed by atoms with Gasteiger partial charge in [-0.3, -0.25) is 9.59 Å². The molecule has 0 spiro atoms. The first-order chi connectivity index (χ1) is 13.7. The Bertz CT molecular complexity index is 790. The lowest BCUT2D eigenvalue weighted by molar-refractivity contribution is -0.177. The van der Waals surface area contributed by atoms with Gasteiger partial charge in [0.2, 0.25) is 0 Å². The van der Waals surface area contributed by atoms with Gasteiger partial charge in [-0.1, -0.05) is 36.4 Å². The average molecular weight is 399 g/mol. The number of nitrogens with two attached hydrogens (primary N) is 2. The number of hydrogen-bond acceptors (Lipinski definition) is 6. The molecule has 2 aromatic rings. The lowest BCUT2D eigenvalue weighted by atomic mass is 9.75. The zero-order valence-electron chi connectivity index (χ0n) is 17.5. The minimum atomic E-state index is -1.61. The van der Waals surface area contributed by atoms with Gasteiger partial charge in [0.15, 0.2) is 5.41 Å². The molecule has 2 aromatic carbocycles. The van der Waals surface area contributed by atoms with E-state index in [1.54, 1.807) is 64.1 Å². The van der Waals surface area contributed by atoms with E-state index in [1.807, 2.05) is 12.1 Å². The molecule has 156 valence electrons. The van der Waals surface area contributed by atoms with E-state index in [0.717, 1.165) is 0 Å².